The fourth-order valence-electron chi connectivity index (χ4n) is 7.58. The Hall–Kier alpha value is -9.02. The van der Waals surface area contributed by atoms with E-state index in [-0.39, 0.29) is 29.0 Å². The van der Waals surface area contributed by atoms with Crippen molar-refractivity contribution >= 4 is 111 Å². The highest BCUT2D eigenvalue weighted by Gasteiger charge is 2.19. The zero-order valence-corrected chi connectivity index (χ0v) is 43.3. The first-order valence-electron chi connectivity index (χ1n) is 22.9. The number of carbonyl (C=O) groups is 6. The summed E-state index contributed by atoms with van der Waals surface area (Å²) >= 11 is 6.60. The SMILES string of the molecule is COC(=O)c1ccc(-c2cc3ccccc3s2)cc1NC(=O)c1ccccc1.COC(=O)c1ccc(Br)cc1NC(=O)c1ccccc1.O=C(Nc1cc(-c2cc3ccccc3s2)ccc1C(=O)O)c1ccccc1. The molecule has 8 aromatic carbocycles. The molecule has 372 valence electrons. The Morgan fingerprint density at radius 2 is 0.760 bits per heavy atom. The molecule has 4 N–H and O–H groups in total. The van der Waals surface area contributed by atoms with Crippen molar-refractivity contribution in [2.45, 2.75) is 0 Å². The molecule has 0 bridgehead atoms. The molecule has 75 heavy (non-hydrogen) atoms. The Morgan fingerprint density at radius 3 is 1.15 bits per heavy atom. The number of aromatic carboxylic acids is 1. The molecule has 0 aliphatic rings. The first-order chi connectivity index (χ1) is 36.4. The summed E-state index contributed by atoms with van der Waals surface area (Å²) in [5.74, 6) is -2.98. The number of hydrogen-bond acceptors (Lipinski definition) is 10. The van der Waals surface area contributed by atoms with Crippen molar-refractivity contribution in [3.63, 3.8) is 0 Å². The van der Waals surface area contributed by atoms with Gasteiger partial charge in [-0.25, -0.2) is 14.4 Å². The number of carboxylic acid groups (broad SMARTS) is 1. The number of rotatable bonds is 11. The predicted octanol–water partition coefficient (Wildman–Crippen LogP) is 14.6. The fraction of sp³-hybridized carbons (Fsp3) is 0.0333. The third-order valence-corrected chi connectivity index (χ3v) is 14.2. The molecule has 12 nitrogen and oxygen atoms in total. The Bertz CT molecular complexity index is 3650. The second-order valence-corrected chi connectivity index (χ2v) is 19.3. The van der Waals surface area contributed by atoms with Gasteiger partial charge in [-0.3, -0.25) is 14.4 Å². The Kier molecular flexibility index (Phi) is 17.2. The zero-order chi connectivity index (χ0) is 52.8. The summed E-state index contributed by atoms with van der Waals surface area (Å²) in [6.07, 6.45) is 0. The standard InChI is InChI=1S/C23H17NO3S.C22H15NO3S.C15H12BrNO3/c1-27-23(26)18-12-11-17(21-14-16-9-5-6-10-20(16)28-21)13-19(18)24-22(25)15-7-3-2-4-8-15;24-21(14-6-2-1-3-7-14)23-18-12-16(10-11-17(18)22(25)26)20-13-15-8-4-5-9-19(15)27-20;1-20-15(19)12-8-7-11(16)9-13(12)17-14(18)10-5-3-2-4-6-10/h2-14H,1H3,(H,24,25);1-13H,(H,23,24)(H,25,26);2-9H,1H3,(H,17,18). The van der Waals surface area contributed by atoms with Crippen LogP contribution in [0.25, 0.3) is 41.1 Å². The number of methoxy groups -OCH3 is 2. The Morgan fingerprint density at radius 1 is 0.413 bits per heavy atom. The Balaban J connectivity index is 0.000000152. The van der Waals surface area contributed by atoms with Crippen LogP contribution in [0.3, 0.4) is 0 Å². The molecule has 0 saturated carbocycles. The van der Waals surface area contributed by atoms with Crippen LogP contribution in [0.1, 0.15) is 62.1 Å². The first kappa shape index (κ1) is 52.3. The number of nitrogens with one attached hydrogen (secondary N) is 3. The molecule has 3 amide bonds. The van der Waals surface area contributed by atoms with E-state index in [4.69, 9.17) is 9.47 Å². The molecular formula is C60H44BrN3O9S2. The van der Waals surface area contributed by atoms with E-state index in [1.807, 2.05) is 66.7 Å². The van der Waals surface area contributed by atoms with Crippen LogP contribution < -0.4 is 16.0 Å². The molecule has 15 heteroatoms. The maximum absolute atomic E-state index is 12.6. The van der Waals surface area contributed by atoms with Gasteiger partial charge < -0.3 is 30.5 Å². The highest BCUT2D eigenvalue weighted by atomic mass is 79.9. The molecule has 0 aliphatic heterocycles. The van der Waals surface area contributed by atoms with Crippen LogP contribution in [0.5, 0.6) is 0 Å². The van der Waals surface area contributed by atoms with Gasteiger partial charge in [-0.05, 0) is 125 Å². The Labute approximate surface area is 447 Å². The van der Waals surface area contributed by atoms with Crippen molar-refractivity contribution in [3.8, 4) is 20.9 Å². The highest BCUT2D eigenvalue weighted by Crippen LogP contribution is 2.37. The first-order valence-corrected chi connectivity index (χ1v) is 25.4. The van der Waals surface area contributed by atoms with Crippen molar-refractivity contribution in [1.29, 1.82) is 0 Å². The largest absolute Gasteiger partial charge is 0.478 e. The average Bonchev–Trinajstić information content (AvgIpc) is 4.09. The number of halogens is 1. The lowest BCUT2D eigenvalue weighted by Crippen LogP contribution is -2.15. The van der Waals surface area contributed by atoms with Crippen molar-refractivity contribution < 1.29 is 43.3 Å². The number of carbonyl (C=O) groups excluding carboxylic acids is 5. The van der Waals surface area contributed by atoms with Crippen molar-refractivity contribution in [2.75, 3.05) is 30.2 Å². The van der Waals surface area contributed by atoms with Crippen LogP contribution >= 0.6 is 38.6 Å². The number of fused-ring (bicyclic) bond motifs is 2. The van der Waals surface area contributed by atoms with Gasteiger partial charge in [0.25, 0.3) is 17.7 Å². The molecule has 0 radical (unpaired) electrons. The van der Waals surface area contributed by atoms with E-state index in [1.165, 1.54) is 25.0 Å². The van der Waals surface area contributed by atoms with Crippen molar-refractivity contribution in [3.05, 3.63) is 244 Å². The van der Waals surface area contributed by atoms with Gasteiger partial charge in [0.05, 0.1) is 48.0 Å². The van der Waals surface area contributed by atoms with Crippen LogP contribution in [-0.2, 0) is 9.47 Å². The van der Waals surface area contributed by atoms with E-state index in [2.05, 4.69) is 56.1 Å². The van der Waals surface area contributed by atoms with Gasteiger partial charge in [-0.2, -0.15) is 0 Å². The van der Waals surface area contributed by atoms with E-state index in [1.54, 1.807) is 132 Å². The predicted molar refractivity (Wildman–Crippen MR) is 301 cm³/mol. The fourth-order valence-corrected chi connectivity index (χ4v) is 10.1. The summed E-state index contributed by atoms with van der Waals surface area (Å²) in [5.41, 5.74) is 5.10. The number of thiophene rings is 2. The molecule has 0 spiro atoms. The van der Waals surface area contributed by atoms with Gasteiger partial charge in [0.1, 0.15) is 0 Å². The van der Waals surface area contributed by atoms with E-state index in [9.17, 15) is 33.9 Å². The smallest absolute Gasteiger partial charge is 0.339 e. The third kappa shape index (κ3) is 13.2. The second kappa shape index (κ2) is 24.6. The number of amides is 3. The highest BCUT2D eigenvalue weighted by molar-refractivity contribution is 9.10. The third-order valence-electron chi connectivity index (χ3n) is 11.3. The zero-order valence-electron chi connectivity index (χ0n) is 40.0. The van der Waals surface area contributed by atoms with E-state index >= 15 is 0 Å². The number of benzene rings is 8. The van der Waals surface area contributed by atoms with Gasteiger partial charge in [0, 0.05) is 40.3 Å². The molecular weight excluding hydrogens is 1050 g/mol. The summed E-state index contributed by atoms with van der Waals surface area (Å²) in [6.45, 7) is 0. The van der Waals surface area contributed by atoms with Crippen LogP contribution in [0.2, 0.25) is 0 Å². The van der Waals surface area contributed by atoms with Gasteiger partial charge in [-0.15, -0.1) is 22.7 Å². The van der Waals surface area contributed by atoms with Crippen LogP contribution in [0, 0.1) is 0 Å². The molecule has 10 aromatic rings. The normalized spacial score (nSPS) is 10.4. The maximum Gasteiger partial charge on any atom is 0.339 e. The summed E-state index contributed by atoms with van der Waals surface area (Å²) in [5, 5.41) is 20.1. The molecule has 0 atom stereocenters. The minimum Gasteiger partial charge on any atom is -0.478 e. The molecule has 0 unspecified atom stereocenters. The van der Waals surface area contributed by atoms with Gasteiger partial charge in [0.2, 0.25) is 0 Å². The molecule has 0 aliphatic carbocycles. The number of esters is 2. The van der Waals surface area contributed by atoms with Crippen molar-refractivity contribution in [1.82, 2.24) is 0 Å². The van der Waals surface area contributed by atoms with Gasteiger partial charge in [-0.1, -0.05) is 119 Å². The molecule has 10 rings (SSSR count). The minimum absolute atomic E-state index is 0.0594. The monoisotopic (exact) mass is 1090 g/mol. The quantitative estimate of drug-likeness (QED) is 0.0918. The number of anilines is 3. The van der Waals surface area contributed by atoms with Crippen LogP contribution in [-0.4, -0.2) is 55.0 Å². The summed E-state index contributed by atoms with van der Waals surface area (Å²) in [4.78, 5) is 74.7. The summed E-state index contributed by atoms with van der Waals surface area (Å²) < 4.78 is 12.7. The number of ether oxygens (including phenoxy) is 2. The average molecular weight is 1100 g/mol. The minimum atomic E-state index is -1.08. The topological polar surface area (TPSA) is 177 Å². The number of carboxylic acids is 1. The maximum atomic E-state index is 12.6. The van der Waals surface area contributed by atoms with Crippen molar-refractivity contribution in [2.24, 2.45) is 0 Å². The van der Waals surface area contributed by atoms with Gasteiger partial charge in [0.15, 0.2) is 0 Å². The van der Waals surface area contributed by atoms with Crippen LogP contribution in [0.15, 0.2) is 211 Å². The lowest BCUT2D eigenvalue weighted by atomic mass is 10.1. The molecule has 0 fully saturated rings. The second-order valence-electron chi connectivity index (χ2n) is 16.3. The molecule has 2 heterocycles. The van der Waals surface area contributed by atoms with E-state index in [0.29, 0.717) is 39.2 Å². The number of hydrogen-bond donors (Lipinski definition) is 4. The molecule has 0 saturated heterocycles. The molecule has 2 aromatic heterocycles. The lowest BCUT2D eigenvalue weighted by molar-refractivity contribution is 0.0592. The van der Waals surface area contributed by atoms with Crippen LogP contribution in [0.4, 0.5) is 17.1 Å². The van der Waals surface area contributed by atoms with Gasteiger partial charge >= 0.3 is 17.9 Å². The summed E-state index contributed by atoms with van der Waals surface area (Å²) in [7, 11) is 2.62. The lowest BCUT2D eigenvalue weighted by Gasteiger charge is -2.11. The van der Waals surface area contributed by atoms with E-state index in [0.717, 1.165) is 40.8 Å². The summed E-state index contributed by atoms with van der Waals surface area (Å²) in [6, 6.07) is 62.1. The van der Waals surface area contributed by atoms with E-state index < -0.39 is 17.9 Å².